The lowest BCUT2D eigenvalue weighted by Crippen LogP contribution is -2.33. The zero-order chi connectivity index (χ0) is 22.4. The summed E-state index contributed by atoms with van der Waals surface area (Å²) in [7, 11) is 0. The van der Waals surface area contributed by atoms with Crippen molar-refractivity contribution in [3.05, 3.63) is 64.6 Å². The van der Waals surface area contributed by atoms with Crippen molar-refractivity contribution in [2.24, 2.45) is 0 Å². The van der Waals surface area contributed by atoms with Crippen LogP contribution in [-0.4, -0.2) is 52.7 Å². The van der Waals surface area contributed by atoms with E-state index in [0.717, 1.165) is 16.7 Å². The van der Waals surface area contributed by atoms with Crippen molar-refractivity contribution in [2.45, 2.75) is 6.92 Å². The molecule has 0 unspecified atom stereocenters. The second kappa shape index (κ2) is 9.94. The summed E-state index contributed by atoms with van der Waals surface area (Å²) in [4.78, 5) is 49.2. The molecule has 1 aliphatic heterocycles. The van der Waals surface area contributed by atoms with Crippen LogP contribution in [0.15, 0.2) is 53.4 Å². The summed E-state index contributed by atoms with van der Waals surface area (Å²) in [6.07, 6.45) is 1.52. The molecule has 8 nitrogen and oxygen atoms in total. The number of hydrogen-bond acceptors (Lipinski definition) is 7. The number of rotatable bonds is 9. The van der Waals surface area contributed by atoms with Crippen LogP contribution < -0.4 is 9.47 Å². The molecule has 0 radical (unpaired) electrons. The van der Waals surface area contributed by atoms with Gasteiger partial charge in [0.25, 0.3) is 11.1 Å². The maximum Gasteiger partial charge on any atom is 0.341 e. The van der Waals surface area contributed by atoms with Crippen molar-refractivity contribution >= 4 is 40.7 Å². The zero-order valence-electron chi connectivity index (χ0n) is 16.6. The number of imide groups is 1. The van der Waals surface area contributed by atoms with E-state index >= 15 is 0 Å². The van der Waals surface area contributed by atoms with E-state index in [1.54, 1.807) is 49.4 Å². The van der Waals surface area contributed by atoms with Crippen LogP contribution in [0.1, 0.15) is 22.8 Å². The highest BCUT2D eigenvalue weighted by Gasteiger charge is 2.36. The van der Waals surface area contributed by atoms with Crippen LogP contribution >= 0.6 is 11.8 Å². The predicted octanol–water partition coefficient (Wildman–Crippen LogP) is 3.47. The molecule has 3 rings (SSSR count). The number of nitrogens with zero attached hydrogens (tertiary/aromatic N) is 1. The van der Waals surface area contributed by atoms with Crippen LogP contribution in [0.4, 0.5) is 4.79 Å². The molecule has 1 heterocycles. The molecule has 0 aliphatic carbocycles. The molecule has 1 saturated heterocycles. The van der Waals surface area contributed by atoms with Gasteiger partial charge in [-0.1, -0.05) is 36.4 Å². The number of Topliss-reactive ketones (excluding diaryl/α,β-unsaturated/α-hetero) is 1. The topological polar surface area (TPSA) is 110 Å². The van der Waals surface area contributed by atoms with Gasteiger partial charge < -0.3 is 14.6 Å². The summed E-state index contributed by atoms with van der Waals surface area (Å²) in [5.41, 5.74) is 0.981. The van der Waals surface area contributed by atoms with Crippen LogP contribution in [-0.2, 0) is 9.59 Å². The first kappa shape index (κ1) is 22.1. The van der Waals surface area contributed by atoms with Crippen molar-refractivity contribution in [3.63, 3.8) is 0 Å². The van der Waals surface area contributed by atoms with Gasteiger partial charge in [-0.15, -0.1) is 0 Å². The fourth-order valence-corrected chi connectivity index (χ4v) is 3.63. The number of carbonyl (C=O) groups is 4. The molecule has 0 aromatic heterocycles. The molecular formula is C22H19NO7S. The summed E-state index contributed by atoms with van der Waals surface area (Å²) in [5.74, 6) is -1.43. The highest BCUT2D eigenvalue weighted by Crippen LogP contribution is 2.34. The molecule has 1 fully saturated rings. The molecule has 1 aliphatic rings. The van der Waals surface area contributed by atoms with E-state index in [1.807, 2.05) is 0 Å². The van der Waals surface area contributed by atoms with Crippen molar-refractivity contribution in [3.8, 4) is 11.5 Å². The molecule has 1 N–H and O–H groups in total. The molecule has 9 heteroatoms. The van der Waals surface area contributed by atoms with Gasteiger partial charge in [-0.25, -0.2) is 4.79 Å². The number of ketones is 1. The average molecular weight is 441 g/mol. The first-order valence-electron chi connectivity index (χ1n) is 9.34. The van der Waals surface area contributed by atoms with Gasteiger partial charge >= 0.3 is 5.97 Å². The van der Waals surface area contributed by atoms with E-state index < -0.39 is 23.7 Å². The first-order chi connectivity index (χ1) is 14.9. The third kappa shape index (κ3) is 5.52. The van der Waals surface area contributed by atoms with Crippen LogP contribution in [0.3, 0.4) is 0 Å². The molecule has 0 spiro atoms. The fourth-order valence-electron chi connectivity index (χ4n) is 2.79. The van der Waals surface area contributed by atoms with Crippen molar-refractivity contribution in [1.82, 2.24) is 4.90 Å². The Morgan fingerprint density at radius 1 is 1.06 bits per heavy atom. The second-order valence-electron chi connectivity index (χ2n) is 6.38. The van der Waals surface area contributed by atoms with Crippen LogP contribution in [0.2, 0.25) is 0 Å². The number of thioether (sulfide) groups is 1. The molecule has 160 valence electrons. The first-order valence-corrected chi connectivity index (χ1v) is 10.2. The van der Waals surface area contributed by atoms with Gasteiger partial charge in [0, 0.05) is 5.56 Å². The Hall–Kier alpha value is -3.59. The minimum Gasteiger partial charge on any atom is -0.490 e. The minimum absolute atomic E-state index is 0.174. The fraction of sp³-hybridized carbons (Fsp3) is 0.182. The SMILES string of the molecule is CCOc1cc(/C=C2/SC(=O)N(CC(=O)c3ccccc3)C2=O)ccc1OCC(=O)O. The Morgan fingerprint density at radius 3 is 2.48 bits per heavy atom. The predicted molar refractivity (Wildman–Crippen MR) is 114 cm³/mol. The zero-order valence-corrected chi connectivity index (χ0v) is 17.4. The van der Waals surface area contributed by atoms with Crippen molar-refractivity contribution in [2.75, 3.05) is 19.8 Å². The van der Waals surface area contributed by atoms with E-state index in [-0.39, 0.29) is 23.0 Å². The number of amides is 2. The Labute approximate surface area is 182 Å². The monoisotopic (exact) mass is 441 g/mol. The lowest BCUT2D eigenvalue weighted by molar-refractivity contribution is -0.139. The standard InChI is InChI=1S/C22H19NO7S/c1-2-29-18-10-14(8-9-17(18)30-13-20(25)26)11-19-21(27)23(22(28)31-19)12-16(24)15-6-4-3-5-7-15/h3-11H,2,12-13H2,1H3,(H,25,26)/b19-11+. The summed E-state index contributed by atoms with van der Waals surface area (Å²) in [6.45, 7) is 1.24. The van der Waals surface area contributed by atoms with E-state index in [4.69, 9.17) is 14.6 Å². The summed E-state index contributed by atoms with van der Waals surface area (Å²) in [6, 6.07) is 13.2. The number of ether oxygens (including phenoxy) is 2. The highest BCUT2D eigenvalue weighted by atomic mass is 32.2. The lowest BCUT2D eigenvalue weighted by Gasteiger charge is -2.12. The van der Waals surface area contributed by atoms with Crippen molar-refractivity contribution in [1.29, 1.82) is 0 Å². The highest BCUT2D eigenvalue weighted by molar-refractivity contribution is 8.18. The third-order valence-electron chi connectivity index (χ3n) is 4.19. The van der Waals surface area contributed by atoms with E-state index in [2.05, 4.69) is 0 Å². The summed E-state index contributed by atoms with van der Waals surface area (Å²) < 4.78 is 10.7. The largest absolute Gasteiger partial charge is 0.490 e. The molecule has 0 atom stereocenters. The summed E-state index contributed by atoms with van der Waals surface area (Å²) >= 11 is 0.748. The van der Waals surface area contributed by atoms with Gasteiger partial charge in [-0.3, -0.25) is 19.3 Å². The van der Waals surface area contributed by atoms with Gasteiger partial charge in [0.2, 0.25) is 0 Å². The van der Waals surface area contributed by atoms with Crippen LogP contribution in [0.5, 0.6) is 11.5 Å². The van der Waals surface area contributed by atoms with Gasteiger partial charge in [-0.05, 0) is 42.5 Å². The maximum absolute atomic E-state index is 12.7. The third-order valence-corrected chi connectivity index (χ3v) is 5.09. The van der Waals surface area contributed by atoms with E-state index in [0.29, 0.717) is 23.5 Å². The molecular weight excluding hydrogens is 422 g/mol. The maximum atomic E-state index is 12.7. The molecule has 0 bridgehead atoms. The number of hydrogen-bond donors (Lipinski definition) is 1. The average Bonchev–Trinajstić information content (AvgIpc) is 3.01. The molecule has 2 amide bonds. The number of carboxylic acid groups (broad SMARTS) is 1. The van der Waals surface area contributed by atoms with Crippen molar-refractivity contribution < 1.29 is 33.8 Å². The number of aliphatic carboxylic acids is 1. The van der Waals surface area contributed by atoms with Gasteiger partial charge in [0.15, 0.2) is 23.9 Å². The second-order valence-corrected chi connectivity index (χ2v) is 7.37. The number of carboxylic acids is 1. The van der Waals surface area contributed by atoms with Gasteiger partial charge in [0.1, 0.15) is 0 Å². The quantitative estimate of drug-likeness (QED) is 0.465. The Kier molecular flexibility index (Phi) is 7.09. The van der Waals surface area contributed by atoms with Crippen LogP contribution in [0, 0.1) is 0 Å². The molecule has 31 heavy (non-hydrogen) atoms. The number of carbonyl (C=O) groups excluding carboxylic acids is 3. The van der Waals surface area contributed by atoms with E-state index in [9.17, 15) is 19.2 Å². The normalized spacial score (nSPS) is 14.7. The van der Waals surface area contributed by atoms with Gasteiger partial charge in [-0.2, -0.15) is 0 Å². The van der Waals surface area contributed by atoms with Crippen LogP contribution in [0.25, 0.3) is 6.08 Å². The number of benzene rings is 2. The minimum atomic E-state index is -1.12. The Morgan fingerprint density at radius 2 is 1.81 bits per heavy atom. The van der Waals surface area contributed by atoms with Gasteiger partial charge in [0.05, 0.1) is 18.1 Å². The Bertz CT molecular complexity index is 1050. The van der Waals surface area contributed by atoms with E-state index in [1.165, 1.54) is 12.1 Å². The molecule has 2 aromatic rings. The lowest BCUT2D eigenvalue weighted by atomic mass is 10.1. The smallest absolute Gasteiger partial charge is 0.341 e. The molecule has 0 saturated carbocycles. The summed E-state index contributed by atoms with van der Waals surface area (Å²) in [5, 5.41) is 8.26. The Balaban J connectivity index is 1.78. The molecule has 2 aromatic carbocycles.